The molecule has 1 heterocycles. The Morgan fingerprint density at radius 3 is 1.25 bits per heavy atom. The van der Waals surface area contributed by atoms with Crippen molar-refractivity contribution < 1.29 is 46.0 Å². The molecule has 9 N–H and O–H groups in total. The van der Waals surface area contributed by atoms with Gasteiger partial charge in [-0.3, -0.25) is 0 Å². The normalized spacial score (nSPS) is 11.4. The molecule has 9 aromatic rings. The van der Waals surface area contributed by atoms with Crippen LogP contribution in [0.25, 0.3) is 88.7 Å². The van der Waals surface area contributed by atoms with Crippen molar-refractivity contribution in [1.29, 1.82) is 0 Å². The summed E-state index contributed by atoms with van der Waals surface area (Å²) in [5.41, 5.74) is 3.79. The molecular weight excluding hydrogens is 727 g/mol. The molecule has 0 unspecified atom stereocenters. The molecule has 12 nitrogen and oxygen atoms in total. The molecule has 0 saturated carbocycles. The number of hydrogen-bond donors (Lipinski definition) is 9. The van der Waals surface area contributed by atoms with E-state index in [1.807, 2.05) is 72.8 Å². The van der Waals surface area contributed by atoms with Crippen molar-refractivity contribution in [1.82, 2.24) is 15.0 Å². The van der Waals surface area contributed by atoms with E-state index in [-0.39, 0.29) is 17.0 Å². The second kappa shape index (κ2) is 13.0. The number of phenols is 9. The fourth-order valence-electron chi connectivity index (χ4n) is 7.24. The van der Waals surface area contributed by atoms with Gasteiger partial charge < -0.3 is 46.0 Å². The number of aromatic hydroxyl groups is 9. The van der Waals surface area contributed by atoms with Gasteiger partial charge in [0.25, 0.3) is 0 Å². The standard InChI is InChI=1S/C45H29N3O9/c49-34-29(30-31(36(51)40(55)39(54)35(30)50)32-33(34)38(53)42(57)41(56)37(32)52)26-12-7-13-27(20-26)44-46-43(22-10-5-2-6-11-22)47-45(48-44)28-17-16-24-18-23(14-15-25(24)19-28)21-8-3-1-4-9-21/h1-20,49-57H. The molecule has 0 amide bonds. The summed E-state index contributed by atoms with van der Waals surface area (Å²) in [6.45, 7) is 0. The largest absolute Gasteiger partial charge is 0.506 e. The lowest BCUT2D eigenvalue weighted by Crippen LogP contribution is -2.00. The first-order valence-electron chi connectivity index (χ1n) is 17.5. The van der Waals surface area contributed by atoms with E-state index in [9.17, 15) is 46.0 Å². The van der Waals surface area contributed by atoms with Gasteiger partial charge in [0, 0.05) is 38.4 Å². The first-order valence-corrected chi connectivity index (χ1v) is 17.5. The zero-order valence-corrected chi connectivity index (χ0v) is 29.4. The van der Waals surface area contributed by atoms with Crippen molar-refractivity contribution >= 4 is 32.3 Å². The summed E-state index contributed by atoms with van der Waals surface area (Å²) in [5, 5.41) is 97.4. The van der Waals surface area contributed by atoms with Crippen LogP contribution in [0.2, 0.25) is 0 Å². The van der Waals surface area contributed by atoms with Gasteiger partial charge in [0.05, 0.1) is 5.39 Å². The summed E-state index contributed by atoms with van der Waals surface area (Å²) in [5.74, 6) is -8.88. The quantitative estimate of drug-likeness (QED) is 0.0456. The molecular formula is C45H29N3O9. The lowest BCUT2D eigenvalue weighted by Gasteiger charge is -2.20. The maximum absolute atomic E-state index is 11.8. The van der Waals surface area contributed by atoms with Gasteiger partial charge in [-0.25, -0.2) is 15.0 Å². The van der Waals surface area contributed by atoms with Crippen molar-refractivity contribution in [3.8, 4) is 108 Å². The second-order valence-corrected chi connectivity index (χ2v) is 13.4. The second-order valence-electron chi connectivity index (χ2n) is 13.4. The SMILES string of the molecule is Oc1c(O)c(O)c2c(c1O)c(O)c(-c1cccc(-c3nc(-c4ccccc4)nc(-c4ccc5cc(-c6ccccc6)ccc5c4)n3)c1)c1c(O)c(O)c(O)c(O)c12. The Kier molecular flexibility index (Phi) is 7.84. The van der Waals surface area contributed by atoms with E-state index in [1.54, 1.807) is 12.1 Å². The van der Waals surface area contributed by atoms with E-state index < -0.39 is 73.3 Å². The highest BCUT2D eigenvalue weighted by molar-refractivity contribution is 6.26. The number of nitrogens with zero attached hydrogens (tertiary/aromatic N) is 3. The van der Waals surface area contributed by atoms with Crippen LogP contribution in [-0.2, 0) is 0 Å². The minimum Gasteiger partial charge on any atom is -0.506 e. The molecule has 0 aliphatic carbocycles. The number of rotatable bonds is 5. The molecule has 0 aliphatic heterocycles. The van der Waals surface area contributed by atoms with E-state index in [0.717, 1.165) is 21.9 Å². The summed E-state index contributed by atoms with van der Waals surface area (Å²) >= 11 is 0. The van der Waals surface area contributed by atoms with E-state index in [2.05, 4.69) is 24.3 Å². The molecule has 1 aromatic heterocycles. The van der Waals surface area contributed by atoms with Crippen molar-refractivity contribution in [2.24, 2.45) is 0 Å². The third-order valence-electron chi connectivity index (χ3n) is 10.0. The van der Waals surface area contributed by atoms with Gasteiger partial charge in [0.1, 0.15) is 5.75 Å². The van der Waals surface area contributed by atoms with Gasteiger partial charge in [0.15, 0.2) is 40.5 Å². The van der Waals surface area contributed by atoms with Crippen LogP contribution in [0, 0.1) is 0 Å². The Morgan fingerprint density at radius 2 is 0.667 bits per heavy atom. The highest BCUT2D eigenvalue weighted by Gasteiger charge is 2.32. The zero-order valence-electron chi connectivity index (χ0n) is 29.4. The molecule has 57 heavy (non-hydrogen) atoms. The lowest BCUT2D eigenvalue weighted by atomic mass is 9.88. The van der Waals surface area contributed by atoms with Crippen LogP contribution in [0.4, 0.5) is 0 Å². The lowest BCUT2D eigenvalue weighted by molar-refractivity contribution is 0.348. The number of phenolic OH excluding ortho intramolecular Hbond substituents is 9. The van der Waals surface area contributed by atoms with Crippen LogP contribution in [0.15, 0.2) is 121 Å². The van der Waals surface area contributed by atoms with Gasteiger partial charge in [0.2, 0.25) is 23.0 Å². The van der Waals surface area contributed by atoms with Crippen molar-refractivity contribution in [2.45, 2.75) is 0 Å². The van der Waals surface area contributed by atoms with Gasteiger partial charge in [-0.1, -0.05) is 103 Å². The Bertz CT molecular complexity index is 3120. The minimum absolute atomic E-state index is 0.117. The van der Waals surface area contributed by atoms with Crippen LogP contribution in [0.3, 0.4) is 0 Å². The molecule has 8 aromatic carbocycles. The van der Waals surface area contributed by atoms with Gasteiger partial charge in [-0.05, 0) is 45.7 Å². The number of fused-ring (bicyclic) bond motifs is 4. The van der Waals surface area contributed by atoms with Crippen molar-refractivity contribution in [2.75, 3.05) is 0 Å². The average Bonchev–Trinajstić information content (AvgIpc) is 3.25. The fourth-order valence-corrected chi connectivity index (χ4v) is 7.24. The fraction of sp³-hybridized carbons (Fsp3) is 0. The Balaban J connectivity index is 1.26. The number of benzene rings is 8. The van der Waals surface area contributed by atoms with Crippen molar-refractivity contribution in [3.05, 3.63) is 121 Å². The maximum atomic E-state index is 11.8. The number of aromatic nitrogens is 3. The monoisotopic (exact) mass is 755 g/mol. The summed E-state index contributed by atoms with van der Waals surface area (Å²) in [6.07, 6.45) is 0. The van der Waals surface area contributed by atoms with Gasteiger partial charge in [-0.2, -0.15) is 0 Å². The predicted molar refractivity (Wildman–Crippen MR) is 215 cm³/mol. The molecule has 0 atom stereocenters. The molecule has 0 aliphatic rings. The van der Waals surface area contributed by atoms with Gasteiger partial charge >= 0.3 is 0 Å². The molecule has 0 bridgehead atoms. The Morgan fingerprint density at radius 1 is 0.263 bits per heavy atom. The molecule has 0 fully saturated rings. The van der Waals surface area contributed by atoms with Gasteiger partial charge in [-0.15, -0.1) is 0 Å². The molecule has 12 heteroatoms. The smallest absolute Gasteiger partial charge is 0.205 e. The predicted octanol–water partition coefficient (Wildman–Crippen LogP) is 9.02. The highest BCUT2D eigenvalue weighted by atomic mass is 16.4. The average molecular weight is 756 g/mol. The minimum atomic E-state index is -1.20. The molecule has 9 rings (SSSR count). The Hall–Kier alpha value is -8.25. The van der Waals surface area contributed by atoms with Crippen LogP contribution >= 0.6 is 0 Å². The summed E-state index contributed by atoms with van der Waals surface area (Å²) in [7, 11) is 0. The van der Waals surface area contributed by atoms with E-state index >= 15 is 0 Å². The molecule has 0 spiro atoms. The van der Waals surface area contributed by atoms with E-state index in [1.165, 1.54) is 12.1 Å². The maximum Gasteiger partial charge on any atom is 0.205 e. The number of hydrogen-bond acceptors (Lipinski definition) is 12. The van der Waals surface area contributed by atoms with Crippen LogP contribution < -0.4 is 0 Å². The topological polar surface area (TPSA) is 221 Å². The third kappa shape index (κ3) is 5.42. The summed E-state index contributed by atoms with van der Waals surface area (Å²) < 4.78 is 0. The molecule has 0 saturated heterocycles. The van der Waals surface area contributed by atoms with Crippen LogP contribution in [0.1, 0.15) is 0 Å². The molecule has 0 radical (unpaired) electrons. The first-order chi connectivity index (χ1) is 27.5. The van der Waals surface area contributed by atoms with Crippen LogP contribution in [0.5, 0.6) is 51.7 Å². The van der Waals surface area contributed by atoms with Crippen LogP contribution in [-0.4, -0.2) is 60.9 Å². The Labute approximate surface area is 322 Å². The zero-order chi connectivity index (χ0) is 39.7. The highest BCUT2D eigenvalue weighted by Crippen LogP contribution is 2.61. The summed E-state index contributed by atoms with van der Waals surface area (Å²) in [4.78, 5) is 14.5. The van der Waals surface area contributed by atoms with E-state index in [0.29, 0.717) is 28.3 Å². The summed E-state index contributed by atoms with van der Waals surface area (Å²) in [6, 6.07) is 37.8. The molecule has 278 valence electrons. The first kappa shape index (κ1) is 34.5. The van der Waals surface area contributed by atoms with E-state index in [4.69, 9.17) is 15.0 Å². The van der Waals surface area contributed by atoms with Crippen molar-refractivity contribution in [3.63, 3.8) is 0 Å². The third-order valence-corrected chi connectivity index (χ3v) is 10.0.